The van der Waals surface area contributed by atoms with Gasteiger partial charge < -0.3 is 5.11 Å². The zero-order chi connectivity index (χ0) is 14.7. The molecule has 1 heterocycles. The monoisotopic (exact) mass is 349 g/mol. The number of aliphatic hydroxyl groups excluding tert-OH is 1. The number of amides is 2. The van der Waals surface area contributed by atoms with Crippen LogP contribution in [0.3, 0.4) is 0 Å². The molecular formula is C16H16BrNO3. The molecule has 1 aromatic carbocycles. The van der Waals surface area contributed by atoms with Crippen molar-refractivity contribution >= 4 is 27.7 Å². The Balaban J connectivity index is 1.62. The molecule has 0 spiro atoms. The molecule has 0 radical (unpaired) electrons. The Bertz CT molecular complexity index is 573. The van der Waals surface area contributed by atoms with E-state index >= 15 is 0 Å². The fraction of sp³-hybridized carbons (Fsp3) is 0.500. The summed E-state index contributed by atoms with van der Waals surface area (Å²) < 4.78 is 0. The maximum atomic E-state index is 12.6. The maximum absolute atomic E-state index is 12.6. The zero-order valence-corrected chi connectivity index (χ0v) is 12.9. The van der Waals surface area contributed by atoms with Crippen molar-refractivity contribution in [2.75, 3.05) is 0 Å². The first-order valence-electron chi connectivity index (χ1n) is 7.31. The molecule has 3 fully saturated rings. The van der Waals surface area contributed by atoms with E-state index in [1.165, 1.54) is 4.90 Å². The van der Waals surface area contributed by atoms with Crippen LogP contribution in [-0.4, -0.2) is 32.8 Å². The molecule has 1 saturated heterocycles. The number of fused-ring (bicyclic) bond motifs is 5. The number of benzene rings is 1. The second kappa shape index (κ2) is 4.65. The van der Waals surface area contributed by atoms with E-state index in [2.05, 4.69) is 15.9 Å². The molecule has 1 N–H and O–H groups in total. The number of halogens is 1. The Morgan fingerprint density at radius 2 is 1.71 bits per heavy atom. The van der Waals surface area contributed by atoms with Gasteiger partial charge in [-0.25, -0.2) is 0 Å². The average Bonchev–Trinajstić information content (AvgIpc) is 3.09. The minimum absolute atomic E-state index is 0.0577. The van der Waals surface area contributed by atoms with E-state index in [0.29, 0.717) is 6.54 Å². The Morgan fingerprint density at radius 3 is 2.38 bits per heavy atom. The first kappa shape index (κ1) is 13.5. The third kappa shape index (κ3) is 1.77. The molecule has 0 aromatic heterocycles. The third-order valence-electron chi connectivity index (χ3n) is 5.31. The Morgan fingerprint density at radius 1 is 1.10 bits per heavy atom. The number of carbonyl (C=O) groups excluding carboxylic acids is 2. The summed E-state index contributed by atoms with van der Waals surface area (Å²) in [5.41, 5.74) is 0.961. The number of imide groups is 1. The molecule has 21 heavy (non-hydrogen) atoms. The van der Waals surface area contributed by atoms with Gasteiger partial charge in [0.25, 0.3) is 0 Å². The smallest absolute Gasteiger partial charge is 0.233 e. The van der Waals surface area contributed by atoms with Gasteiger partial charge in [-0.2, -0.15) is 0 Å². The number of hydrogen-bond acceptors (Lipinski definition) is 3. The summed E-state index contributed by atoms with van der Waals surface area (Å²) in [5, 5.41) is 10.2. The summed E-state index contributed by atoms with van der Waals surface area (Å²) in [6.07, 6.45) is 0.271. The van der Waals surface area contributed by atoms with E-state index in [1.54, 1.807) is 0 Å². The molecule has 4 nitrogen and oxygen atoms in total. The predicted octanol–water partition coefficient (Wildman–Crippen LogP) is 1.56. The zero-order valence-electron chi connectivity index (χ0n) is 11.4. The highest BCUT2D eigenvalue weighted by molar-refractivity contribution is 9.09. The number of alkyl halides is 1. The Kier molecular flexibility index (Phi) is 2.98. The van der Waals surface area contributed by atoms with Crippen LogP contribution in [0.5, 0.6) is 0 Å². The maximum Gasteiger partial charge on any atom is 0.233 e. The Hall–Kier alpha value is -1.20. The van der Waals surface area contributed by atoms with Gasteiger partial charge in [-0.15, -0.1) is 0 Å². The van der Waals surface area contributed by atoms with Crippen molar-refractivity contribution < 1.29 is 14.7 Å². The molecule has 0 unspecified atom stereocenters. The molecule has 2 saturated carbocycles. The number of carbonyl (C=O) groups is 2. The van der Waals surface area contributed by atoms with E-state index in [9.17, 15) is 14.7 Å². The van der Waals surface area contributed by atoms with Gasteiger partial charge in [0.2, 0.25) is 11.8 Å². The fourth-order valence-electron chi connectivity index (χ4n) is 4.37. The van der Waals surface area contributed by atoms with Crippen molar-refractivity contribution in [3.05, 3.63) is 35.9 Å². The summed E-state index contributed by atoms with van der Waals surface area (Å²) in [4.78, 5) is 26.6. The summed E-state index contributed by atoms with van der Waals surface area (Å²) in [5.74, 6) is -0.680. The molecule has 2 bridgehead atoms. The molecule has 2 aliphatic carbocycles. The SMILES string of the molecule is O=C1[C@H]2[C@@H]3C[C@@H]([C@@H](O)[C@H]3Br)[C@@H]2C(=O)N1Cc1ccccc1. The quantitative estimate of drug-likeness (QED) is 0.651. The summed E-state index contributed by atoms with van der Waals surface area (Å²) in [6, 6.07) is 9.57. The summed E-state index contributed by atoms with van der Waals surface area (Å²) in [7, 11) is 0. The van der Waals surface area contributed by atoms with Crippen molar-refractivity contribution in [3.8, 4) is 0 Å². The Labute approximate surface area is 131 Å². The van der Waals surface area contributed by atoms with E-state index < -0.39 is 6.10 Å². The van der Waals surface area contributed by atoms with Crippen LogP contribution in [0.2, 0.25) is 0 Å². The van der Waals surface area contributed by atoms with Crippen LogP contribution in [0.25, 0.3) is 0 Å². The molecule has 2 amide bonds. The van der Waals surface area contributed by atoms with Gasteiger partial charge in [0, 0.05) is 4.83 Å². The standard InChI is InChI=1S/C16H16BrNO3/c17-13-9-6-10(14(13)19)12-11(9)15(20)18(16(12)21)7-8-4-2-1-3-5-8/h1-5,9-14,19H,6-7H2/t9-,10+,11-,12-,13-,14+/m0/s1. The second-order valence-electron chi connectivity index (χ2n) is 6.30. The van der Waals surface area contributed by atoms with Gasteiger partial charge in [-0.3, -0.25) is 14.5 Å². The highest BCUT2D eigenvalue weighted by Gasteiger charge is 2.66. The van der Waals surface area contributed by atoms with Crippen LogP contribution in [0.1, 0.15) is 12.0 Å². The van der Waals surface area contributed by atoms with Gasteiger partial charge in [0.15, 0.2) is 0 Å². The number of aliphatic hydroxyl groups is 1. The molecule has 5 heteroatoms. The molecule has 110 valence electrons. The van der Waals surface area contributed by atoms with Crippen molar-refractivity contribution in [2.45, 2.75) is 23.9 Å². The van der Waals surface area contributed by atoms with Crippen LogP contribution < -0.4 is 0 Å². The van der Waals surface area contributed by atoms with Gasteiger partial charge in [-0.05, 0) is 23.8 Å². The molecule has 1 aromatic rings. The number of hydrogen-bond donors (Lipinski definition) is 1. The van der Waals surface area contributed by atoms with Crippen LogP contribution in [0.4, 0.5) is 0 Å². The second-order valence-corrected chi connectivity index (χ2v) is 7.36. The largest absolute Gasteiger partial charge is 0.392 e. The van der Waals surface area contributed by atoms with E-state index in [0.717, 1.165) is 12.0 Å². The van der Waals surface area contributed by atoms with Crippen LogP contribution in [-0.2, 0) is 16.1 Å². The van der Waals surface area contributed by atoms with Gasteiger partial charge in [-0.1, -0.05) is 46.3 Å². The van der Waals surface area contributed by atoms with Crippen molar-refractivity contribution in [2.24, 2.45) is 23.7 Å². The normalized spacial score (nSPS) is 41.0. The number of rotatable bonds is 2. The summed E-state index contributed by atoms with van der Waals surface area (Å²) >= 11 is 3.50. The van der Waals surface area contributed by atoms with Crippen LogP contribution >= 0.6 is 15.9 Å². The first-order chi connectivity index (χ1) is 10.1. The molecule has 4 rings (SSSR count). The van der Waals surface area contributed by atoms with E-state index in [-0.39, 0.29) is 40.3 Å². The fourth-order valence-corrected chi connectivity index (χ4v) is 5.31. The minimum Gasteiger partial charge on any atom is -0.392 e. The third-order valence-corrected chi connectivity index (χ3v) is 6.53. The minimum atomic E-state index is -0.510. The molecular weight excluding hydrogens is 334 g/mol. The topological polar surface area (TPSA) is 57.6 Å². The summed E-state index contributed by atoms with van der Waals surface area (Å²) in [6.45, 7) is 0.341. The number of nitrogens with zero attached hydrogens (tertiary/aromatic N) is 1. The van der Waals surface area contributed by atoms with Crippen LogP contribution in [0, 0.1) is 23.7 Å². The lowest BCUT2D eigenvalue weighted by Crippen LogP contribution is -2.40. The van der Waals surface area contributed by atoms with Crippen molar-refractivity contribution in [1.82, 2.24) is 4.90 Å². The van der Waals surface area contributed by atoms with Crippen LogP contribution in [0.15, 0.2) is 30.3 Å². The van der Waals surface area contributed by atoms with Crippen molar-refractivity contribution in [3.63, 3.8) is 0 Å². The lowest BCUT2D eigenvalue weighted by molar-refractivity contribution is -0.141. The van der Waals surface area contributed by atoms with E-state index in [4.69, 9.17) is 0 Å². The highest BCUT2D eigenvalue weighted by Crippen LogP contribution is 2.58. The van der Waals surface area contributed by atoms with Gasteiger partial charge in [0.1, 0.15) is 0 Å². The molecule has 3 aliphatic rings. The van der Waals surface area contributed by atoms with Gasteiger partial charge >= 0.3 is 0 Å². The number of likely N-dealkylation sites (tertiary alicyclic amines) is 1. The van der Waals surface area contributed by atoms with E-state index in [1.807, 2.05) is 30.3 Å². The van der Waals surface area contributed by atoms with Crippen molar-refractivity contribution in [1.29, 1.82) is 0 Å². The lowest BCUT2D eigenvalue weighted by Gasteiger charge is -2.29. The molecule has 1 aliphatic heterocycles. The predicted molar refractivity (Wildman–Crippen MR) is 79.3 cm³/mol. The first-order valence-corrected chi connectivity index (χ1v) is 8.22. The van der Waals surface area contributed by atoms with Gasteiger partial charge in [0.05, 0.1) is 24.5 Å². The molecule has 6 atom stereocenters. The highest BCUT2D eigenvalue weighted by atomic mass is 79.9. The lowest BCUT2D eigenvalue weighted by atomic mass is 9.79. The average molecular weight is 350 g/mol.